The number of hydrogen-bond donors (Lipinski definition) is 0. The minimum absolute atomic E-state index is 0.0910. The topological polar surface area (TPSA) is 61.0 Å². The third kappa shape index (κ3) is 2.86. The van der Waals surface area contributed by atoms with Gasteiger partial charge in [0, 0.05) is 23.8 Å². The van der Waals surface area contributed by atoms with Gasteiger partial charge in [-0.15, -0.1) is 0 Å². The molecule has 0 saturated heterocycles. The lowest BCUT2D eigenvalue weighted by Crippen LogP contribution is -1.90. The van der Waals surface area contributed by atoms with Crippen molar-refractivity contribution in [2.75, 3.05) is 0 Å². The van der Waals surface area contributed by atoms with Gasteiger partial charge in [-0.25, -0.2) is 0 Å². The van der Waals surface area contributed by atoms with E-state index < -0.39 is 0 Å². The van der Waals surface area contributed by atoms with Gasteiger partial charge in [-0.3, -0.25) is 14.8 Å². The molecular formula is C10H8BrN3O2S. The number of benzene rings is 1. The normalized spacial score (nSPS) is 10.5. The first-order valence-electron chi connectivity index (χ1n) is 4.66. The quantitative estimate of drug-likeness (QED) is 0.644. The van der Waals surface area contributed by atoms with Crippen molar-refractivity contribution in [1.82, 2.24) is 9.78 Å². The van der Waals surface area contributed by atoms with Gasteiger partial charge in [0.05, 0.1) is 20.9 Å². The Labute approximate surface area is 110 Å². The molecule has 0 aliphatic carbocycles. The fraction of sp³-hybridized carbons (Fsp3) is 0.100. The summed E-state index contributed by atoms with van der Waals surface area (Å²) in [5.74, 6) is 0. The molecule has 5 nitrogen and oxygen atoms in total. The molecule has 1 heterocycles. The molecule has 0 amide bonds. The van der Waals surface area contributed by atoms with Crippen LogP contribution in [0.15, 0.2) is 44.9 Å². The zero-order chi connectivity index (χ0) is 12.4. The number of hydrogen-bond acceptors (Lipinski definition) is 4. The molecule has 0 N–H and O–H groups in total. The van der Waals surface area contributed by atoms with Crippen molar-refractivity contribution < 1.29 is 4.92 Å². The van der Waals surface area contributed by atoms with Gasteiger partial charge in [-0.1, -0.05) is 27.7 Å². The van der Waals surface area contributed by atoms with Crippen molar-refractivity contribution in [2.24, 2.45) is 7.05 Å². The van der Waals surface area contributed by atoms with E-state index in [0.717, 1.165) is 4.90 Å². The molecule has 2 aromatic rings. The van der Waals surface area contributed by atoms with Crippen LogP contribution in [0.3, 0.4) is 0 Å². The fourth-order valence-corrected chi connectivity index (χ4v) is 2.58. The summed E-state index contributed by atoms with van der Waals surface area (Å²) in [6.07, 6.45) is 3.49. The van der Waals surface area contributed by atoms with E-state index in [9.17, 15) is 10.1 Å². The molecule has 1 aromatic carbocycles. The fourth-order valence-electron chi connectivity index (χ4n) is 1.30. The zero-order valence-corrected chi connectivity index (χ0v) is 11.2. The molecular weight excluding hydrogens is 306 g/mol. The first-order valence-corrected chi connectivity index (χ1v) is 6.27. The average Bonchev–Trinajstić information content (AvgIpc) is 2.66. The van der Waals surface area contributed by atoms with Crippen molar-refractivity contribution in [3.63, 3.8) is 0 Å². The van der Waals surface area contributed by atoms with Crippen LogP contribution in [-0.4, -0.2) is 14.7 Å². The second-order valence-corrected chi connectivity index (χ2v) is 5.35. The largest absolute Gasteiger partial charge is 0.284 e. The minimum atomic E-state index is -0.385. The van der Waals surface area contributed by atoms with Gasteiger partial charge in [0.2, 0.25) is 0 Å². The van der Waals surface area contributed by atoms with Gasteiger partial charge >= 0.3 is 0 Å². The Morgan fingerprint density at radius 2 is 2.29 bits per heavy atom. The number of halogens is 1. The molecule has 0 radical (unpaired) electrons. The number of nitrogens with zero attached hydrogens (tertiary/aromatic N) is 3. The second kappa shape index (κ2) is 4.89. The van der Waals surface area contributed by atoms with Gasteiger partial charge in [0.1, 0.15) is 0 Å². The van der Waals surface area contributed by atoms with Gasteiger partial charge in [-0.2, -0.15) is 5.10 Å². The first kappa shape index (κ1) is 12.1. The molecule has 0 aliphatic heterocycles. The van der Waals surface area contributed by atoms with Crippen molar-refractivity contribution in [2.45, 2.75) is 9.79 Å². The molecule has 0 unspecified atom stereocenters. The van der Waals surface area contributed by atoms with E-state index in [1.807, 2.05) is 6.20 Å². The second-order valence-electron chi connectivity index (χ2n) is 3.32. The molecule has 88 valence electrons. The van der Waals surface area contributed by atoms with Crippen LogP contribution in [0.25, 0.3) is 0 Å². The highest BCUT2D eigenvalue weighted by Gasteiger charge is 2.15. The maximum atomic E-state index is 10.9. The Morgan fingerprint density at radius 3 is 2.88 bits per heavy atom. The van der Waals surface area contributed by atoms with Crippen LogP contribution >= 0.6 is 27.7 Å². The predicted octanol–water partition coefficient (Wildman–Crippen LogP) is 3.24. The van der Waals surface area contributed by atoms with Crippen LogP contribution in [0.4, 0.5) is 5.69 Å². The summed E-state index contributed by atoms with van der Waals surface area (Å²) in [5.41, 5.74) is 0.0910. The highest BCUT2D eigenvalue weighted by molar-refractivity contribution is 9.10. The summed E-state index contributed by atoms with van der Waals surface area (Å²) in [6.45, 7) is 0. The Hall–Kier alpha value is -1.34. The lowest BCUT2D eigenvalue weighted by molar-refractivity contribution is -0.387. The Morgan fingerprint density at radius 1 is 1.53 bits per heavy atom. The molecule has 0 bridgehead atoms. The summed E-state index contributed by atoms with van der Waals surface area (Å²) in [7, 11) is 1.81. The Kier molecular flexibility index (Phi) is 3.49. The van der Waals surface area contributed by atoms with Crippen LogP contribution in [0.1, 0.15) is 0 Å². The van der Waals surface area contributed by atoms with E-state index in [1.54, 1.807) is 30.1 Å². The lowest BCUT2D eigenvalue weighted by atomic mass is 10.3. The van der Waals surface area contributed by atoms with Gasteiger partial charge in [0.15, 0.2) is 0 Å². The van der Waals surface area contributed by atoms with Crippen molar-refractivity contribution >= 4 is 33.4 Å². The highest BCUT2D eigenvalue weighted by atomic mass is 79.9. The maximum absolute atomic E-state index is 10.9. The van der Waals surface area contributed by atoms with Crippen molar-refractivity contribution in [3.8, 4) is 0 Å². The number of aryl methyl sites for hydroxylation is 1. The van der Waals surface area contributed by atoms with Gasteiger partial charge in [-0.05, 0) is 12.1 Å². The van der Waals surface area contributed by atoms with E-state index in [2.05, 4.69) is 21.0 Å². The monoisotopic (exact) mass is 313 g/mol. The van der Waals surface area contributed by atoms with Crippen LogP contribution < -0.4 is 0 Å². The standard InChI is InChI=1S/C10H8BrN3O2S/c1-13-6-8(5-12-13)17-10-3-2-7(11)4-9(10)14(15)16/h2-6H,1H3. The van der Waals surface area contributed by atoms with Crippen molar-refractivity contribution in [1.29, 1.82) is 0 Å². The summed E-state index contributed by atoms with van der Waals surface area (Å²) in [6, 6.07) is 5.00. The summed E-state index contributed by atoms with van der Waals surface area (Å²) in [5, 5.41) is 14.9. The molecule has 0 fully saturated rings. The first-order chi connectivity index (χ1) is 8.06. The molecule has 0 atom stereocenters. The molecule has 1 aromatic heterocycles. The van der Waals surface area contributed by atoms with Crippen LogP contribution in [0.5, 0.6) is 0 Å². The number of aromatic nitrogens is 2. The third-order valence-corrected chi connectivity index (χ3v) is 3.53. The average molecular weight is 314 g/mol. The molecule has 17 heavy (non-hydrogen) atoms. The van der Waals surface area contributed by atoms with E-state index in [0.29, 0.717) is 9.37 Å². The van der Waals surface area contributed by atoms with Gasteiger partial charge in [0.25, 0.3) is 5.69 Å². The van der Waals surface area contributed by atoms with Gasteiger partial charge < -0.3 is 0 Å². The summed E-state index contributed by atoms with van der Waals surface area (Å²) < 4.78 is 2.35. The van der Waals surface area contributed by atoms with E-state index >= 15 is 0 Å². The molecule has 2 rings (SSSR count). The molecule has 0 aliphatic rings. The smallest absolute Gasteiger partial charge is 0.275 e. The summed E-state index contributed by atoms with van der Waals surface area (Å²) in [4.78, 5) is 12.0. The third-order valence-electron chi connectivity index (χ3n) is 2.03. The lowest BCUT2D eigenvalue weighted by Gasteiger charge is -2.01. The van der Waals surface area contributed by atoms with E-state index in [1.165, 1.54) is 17.8 Å². The Bertz CT molecular complexity index is 570. The predicted molar refractivity (Wildman–Crippen MR) is 68.1 cm³/mol. The maximum Gasteiger partial charge on any atom is 0.284 e. The van der Waals surface area contributed by atoms with E-state index in [4.69, 9.17) is 0 Å². The highest BCUT2D eigenvalue weighted by Crippen LogP contribution is 2.35. The number of nitro groups is 1. The van der Waals surface area contributed by atoms with E-state index in [-0.39, 0.29) is 10.6 Å². The molecule has 0 saturated carbocycles. The SMILES string of the molecule is Cn1cc(Sc2ccc(Br)cc2[N+](=O)[O-])cn1. The minimum Gasteiger partial charge on any atom is -0.275 e. The van der Waals surface area contributed by atoms with Crippen LogP contribution in [0, 0.1) is 10.1 Å². The van der Waals surface area contributed by atoms with Crippen LogP contribution in [-0.2, 0) is 7.05 Å². The van der Waals surface area contributed by atoms with Crippen LogP contribution in [0.2, 0.25) is 0 Å². The molecule has 7 heteroatoms. The number of rotatable bonds is 3. The zero-order valence-electron chi connectivity index (χ0n) is 8.83. The van der Waals surface area contributed by atoms with Crippen molar-refractivity contribution in [3.05, 3.63) is 45.2 Å². The number of nitro benzene ring substituents is 1. The Balaban J connectivity index is 2.35. The molecule has 0 spiro atoms. The summed E-state index contributed by atoms with van der Waals surface area (Å²) >= 11 is 4.55.